The van der Waals surface area contributed by atoms with Gasteiger partial charge in [0.15, 0.2) is 0 Å². The Kier molecular flexibility index (Phi) is 5.27. The van der Waals surface area contributed by atoms with Crippen molar-refractivity contribution in [2.75, 3.05) is 4.90 Å². The Bertz CT molecular complexity index is 1090. The van der Waals surface area contributed by atoms with Crippen LogP contribution >= 0.6 is 0 Å². The SMILES string of the molecule is O=C(NN=Cc1ccccc1)c1ccc2c(c1)CN(c1cccc(C(F)(F)F)c1)C2. The summed E-state index contributed by atoms with van der Waals surface area (Å²) < 4.78 is 39.0. The first-order valence-electron chi connectivity index (χ1n) is 9.32. The highest BCUT2D eigenvalue weighted by Gasteiger charge is 2.31. The van der Waals surface area contributed by atoms with Crippen LogP contribution in [0.4, 0.5) is 18.9 Å². The lowest BCUT2D eigenvalue weighted by Gasteiger charge is -2.19. The van der Waals surface area contributed by atoms with Crippen LogP contribution in [0.1, 0.15) is 32.6 Å². The van der Waals surface area contributed by atoms with E-state index in [0.717, 1.165) is 28.8 Å². The van der Waals surface area contributed by atoms with Crippen molar-refractivity contribution in [3.8, 4) is 0 Å². The lowest BCUT2D eigenvalue weighted by atomic mass is 10.1. The quantitative estimate of drug-likeness (QED) is 0.487. The molecule has 0 bridgehead atoms. The molecule has 4 rings (SSSR count). The van der Waals surface area contributed by atoms with Crippen molar-refractivity contribution >= 4 is 17.8 Å². The molecule has 0 radical (unpaired) electrons. The summed E-state index contributed by atoms with van der Waals surface area (Å²) in [7, 11) is 0. The second-order valence-electron chi connectivity index (χ2n) is 7.00. The molecule has 0 aliphatic carbocycles. The zero-order valence-electron chi connectivity index (χ0n) is 15.9. The molecule has 1 N–H and O–H groups in total. The number of anilines is 1. The van der Waals surface area contributed by atoms with Crippen molar-refractivity contribution < 1.29 is 18.0 Å². The van der Waals surface area contributed by atoms with E-state index in [1.807, 2.05) is 41.3 Å². The summed E-state index contributed by atoms with van der Waals surface area (Å²) in [6.45, 7) is 0.926. The average Bonchev–Trinajstić information content (AvgIpc) is 3.17. The first-order valence-corrected chi connectivity index (χ1v) is 9.32. The Hall–Kier alpha value is -3.61. The number of alkyl halides is 3. The molecule has 3 aromatic carbocycles. The predicted octanol–water partition coefficient (Wildman–Crippen LogP) is 4.99. The summed E-state index contributed by atoms with van der Waals surface area (Å²) in [4.78, 5) is 14.2. The zero-order chi connectivity index (χ0) is 21.1. The fraction of sp³-hybridized carbons (Fsp3) is 0.130. The van der Waals surface area contributed by atoms with Gasteiger partial charge in [0.05, 0.1) is 11.8 Å². The number of nitrogens with one attached hydrogen (secondary N) is 1. The summed E-state index contributed by atoms with van der Waals surface area (Å²) in [6.07, 6.45) is -2.82. The number of carbonyl (C=O) groups is 1. The van der Waals surface area contributed by atoms with Gasteiger partial charge in [-0.3, -0.25) is 4.79 Å². The van der Waals surface area contributed by atoms with Crippen molar-refractivity contribution in [2.45, 2.75) is 19.3 Å². The molecule has 0 fully saturated rings. The maximum Gasteiger partial charge on any atom is 0.416 e. The molecule has 1 heterocycles. The van der Waals surface area contributed by atoms with Crippen molar-refractivity contribution in [1.29, 1.82) is 0 Å². The number of hydrogen-bond donors (Lipinski definition) is 1. The number of hydrazone groups is 1. The van der Waals surface area contributed by atoms with E-state index in [-0.39, 0.29) is 5.91 Å². The molecular formula is C23H18F3N3O. The third-order valence-electron chi connectivity index (χ3n) is 4.91. The predicted molar refractivity (Wildman–Crippen MR) is 109 cm³/mol. The van der Waals surface area contributed by atoms with Gasteiger partial charge in [-0.2, -0.15) is 18.3 Å². The molecule has 7 heteroatoms. The molecule has 0 aromatic heterocycles. The van der Waals surface area contributed by atoms with Gasteiger partial charge in [-0.25, -0.2) is 5.43 Å². The monoisotopic (exact) mass is 409 g/mol. The Morgan fingerprint density at radius 2 is 1.70 bits per heavy atom. The molecule has 1 aliphatic rings. The van der Waals surface area contributed by atoms with Crippen LogP contribution in [0.25, 0.3) is 0 Å². The standard InChI is InChI=1S/C23H18F3N3O/c24-23(25,26)20-7-4-8-21(12-20)29-14-18-10-9-17(11-19(18)15-29)22(30)28-27-13-16-5-2-1-3-6-16/h1-13H,14-15H2,(H,28,30). The van der Waals surface area contributed by atoms with E-state index in [4.69, 9.17) is 0 Å². The highest BCUT2D eigenvalue weighted by molar-refractivity contribution is 5.95. The van der Waals surface area contributed by atoms with Crippen LogP contribution in [-0.4, -0.2) is 12.1 Å². The second kappa shape index (κ2) is 8.02. The molecule has 0 saturated carbocycles. The maximum atomic E-state index is 13.0. The minimum Gasteiger partial charge on any atom is -0.363 e. The molecule has 3 aromatic rings. The molecular weight excluding hydrogens is 391 g/mol. The fourth-order valence-corrected chi connectivity index (χ4v) is 3.37. The number of fused-ring (bicyclic) bond motifs is 1. The number of benzene rings is 3. The smallest absolute Gasteiger partial charge is 0.363 e. The summed E-state index contributed by atoms with van der Waals surface area (Å²) in [5, 5.41) is 3.97. The van der Waals surface area contributed by atoms with E-state index in [1.165, 1.54) is 6.07 Å². The lowest BCUT2D eigenvalue weighted by molar-refractivity contribution is -0.137. The van der Waals surface area contributed by atoms with Crippen LogP contribution < -0.4 is 10.3 Å². The van der Waals surface area contributed by atoms with Crippen LogP contribution in [-0.2, 0) is 19.3 Å². The van der Waals surface area contributed by atoms with Crippen molar-refractivity contribution in [3.05, 3.63) is 101 Å². The van der Waals surface area contributed by atoms with Gasteiger partial charge >= 0.3 is 6.18 Å². The third kappa shape index (κ3) is 4.35. The van der Waals surface area contributed by atoms with Crippen LogP contribution in [0.3, 0.4) is 0 Å². The van der Waals surface area contributed by atoms with Crippen LogP contribution in [0, 0.1) is 0 Å². The molecule has 152 valence electrons. The number of amides is 1. The summed E-state index contributed by atoms with van der Waals surface area (Å²) in [5.41, 5.74) is 5.53. The Morgan fingerprint density at radius 3 is 2.47 bits per heavy atom. The van der Waals surface area contributed by atoms with Gasteiger partial charge in [-0.1, -0.05) is 42.5 Å². The Balaban J connectivity index is 1.45. The summed E-state index contributed by atoms with van der Waals surface area (Å²) >= 11 is 0. The summed E-state index contributed by atoms with van der Waals surface area (Å²) in [5.74, 6) is -0.345. The number of hydrogen-bond acceptors (Lipinski definition) is 3. The molecule has 0 saturated heterocycles. The van der Waals surface area contributed by atoms with Crippen molar-refractivity contribution in [1.82, 2.24) is 5.43 Å². The van der Waals surface area contributed by atoms with Gasteiger partial charge < -0.3 is 4.90 Å². The maximum absolute atomic E-state index is 13.0. The normalized spacial score (nSPS) is 13.5. The molecule has 4 nitrogen and oxygen atoms in total. The van der Waals surface area contributed by atoms with Crippen LogP contribution in [0.2, 0.25) is 0 Å². The Labute approximate surface area is 171 Å². The Morgan fingerprint density at radius 1 is 0.933 bits per heavy atom. The van der Waals surface area contributed by atoms with E-state index in [1.54, 1.807) is 24.4 Å². The van der Waals surface area contributed by atoms with E-state index in [9.17, 15) is 18.0 Å². The lowest BCUT2D eigenvalue weighted by Crippen LogP contribution is -2.18. The number of nitrogens with zero attached hydrogens (tertiary/aromatic N) is 2. The van der Waals surface area contributed by atoms with Gasteiger partial charge in [-0.05, 0) is 47.0 Å². The van der Waals surface area contributed by atoms with E-state index in [0.29, 0.717) is 24.3 Å². The topological polar surface area (TPSA) is 44.7 Å². The number of halogens is 3. The first-order chi connectivity index (χ1) is 14.4. The van der Waals surface area contributed by atoms with Crippen LogP contribution in [0.15, 0.2) is 77.9 Å². The largest absolute Gasteiger partial charge is 0.416 e. The number of carbonyl (C=O) groups excluding carboxylic acids is 1. The van der Waals surface area contributed by atoms with Gasteiger partial charge in [0.25, 0.3) is 5.91 Å². The molecule has 1 amide bonds. The molecule has 1 aliphatic heterocycles. The van der Waals surface area contributed by atoms with Crippen molar-refractivity contribution in [2.24, 2.45) is 5.10 Å². The van der Waals surface area contributed by atoms with Gasteiger partial charge in [0.1, 0.15) is 0 Å². The van der Waals surface area contributed by atoms with Gasteiger partial charge in [0.2, 0.25) is 0 Å². The van der Waals surface area contributed by atoms with Gasteiger partial charge in [-0.15, -0.1) is 0 Å². The fourth-order valence-electron chi connectivity index (χ4n) is 3.37. The van der Waals surface area contributed by atoms with E-state index in [2.05, 4.69) is 10.5 Å². The molecule has 0 unspecified atom stereocenters. The van der Waals surface area contributed by atoms with Crippen LogP contribution in [0.5, 0.6) is 0 Å². The minimum absolute atomic E-state index is 0.345. The van der Waals surface area contributed by atoms with Gasteiger partial charge in [0, 0.05) is 24.3 Å². The van der Waals surface area contributed by atoms with Crippen molar-refractivity contribution in [3.63, 3.8) is 0 Å². The number of rotatable bonds is 4. The first kappa shape index (κ1) is 19.7. The molecule has 0 atom stereocenters. The van der Waals surface area contributed by atoms with E-state index >= 15 is 0 Å². The summed E-state index contributed by atoms with van der Waals surface area (Å²) in [6, 6.07) is 19.9. The molecule has 0 spiro atoms. The minimum atomic E-state index is -4.38. The highest BCUT2D eigenvalue weighted by Crippen LogP contribution is 2.34. The second-order valence-corrected chi connectivity index (χ2v) is 7.00. The van der Waals surface area contributed by atoms with E-state index < -0.39 is 11.7 Å². The average molecular weight is 409 g/mol. The zero-order valence-corrected chi connectivity index (χ0v) is 15.9. The third-order valence-corrected chi connectivity index (χ3v) is 4.91. The highest BCUT2D eigenvalue weighted by atomic mass is 19.4. The molecule has 30 heavy (non-hydrogen) atoms.